The van der Waals surface area contributed by atoms with E-state index in [1.807, 2.05) is 12.1 Å². The number of hydrogen-bond donors (Lipinski definition) is 0. The summed E-state index contributed by atoms with van der Waals surface area (Å²) < 4.78 is 0. The molecule has 0 aliphatic carbocycles. The van der Waals surface area contributed by atoms with Crippen LogP contribution >= 0.6 is 11.6 Å². The van der Waals surface area contributed by atoms with Gasteiger partial charge in [0.15, 0.2) is 0 Å². The number of fused-ring (bicyclic) bond motifs is 1. The average Bonchev–Trinajstić information content (AvgIpc) is 2.63. The summed E-state index contributed by atoms with van der Waals surface area (Å²) in [5, 5.41) is 1.75. The lowest BCUT2D eigenvalue weighted by atomic mass is 10.0. The van der Waals surface area contributed by atoms with E-state index in [0.717, 1.165) is 42.1 Å². The Balaban J connectivity index is 1.62. The van der Waals surface area contributed by atoms with E-state index in [0.29, 0.717) is 0 Å². The summed E-state index contributed by atoms with van der Waals surface area (Å²) in [6.45, 7) is 4.43. The molecule has 4 heteroatoms. The molecule has 3 nitrogen and oxygen atoms in total. The van der Waals surface area contributed by atoms with Crippen LogP contribution in [-0.4, -0.2) is 43.1 Å². The van der Waals surface area contributed by atoms with Crippen LogP contribution in [0, 0.1) is 0 Å². The van der Waals surface area contributed by atoms with Crippen LogP contribution in [0.25, 0.3) is 22.0 Å². The molecule has 0 unspecified atom stereocenters. The molecule has 1 fully saturated rings. The lowest BCUT2D eigenvalue weighted by molar-refractivity contribution is 0.313. The highest BCUT2D eigenvalue weighted by atomic mass is 35.5. The minimum atomic E-state index is 0.746. The van der Waals surface area contributed by atoms with E-state index in [1.54, 1.807) is 6.20 Å². The van der Waals surface area contributed by atoms with Crippen molar-refractivity contribution in [1.82, 2.24) is 9.88 Å². The van der Waals surface area contributed by atoms with Crippen molar-refractivity contribution in [2.24, 2.45) is 0 Å². The Morgan fingerprint density at radius 2 is 1.58 bits per heavy atom. The van der Waals surface area contributed by atoms with Gasteiger partial charge < -0.3 is 9.80 Å². The van der Waals surface area contributed by atoms with E-state index in [1.165, 1.54) is 16.8 Å². The van der Waals surface area contributed by atoms with Crippen molar-refractivity contribution in [3.8, 4) is 11.1 Å². The molecular weight excluding hydrogens is 318 g/mol. The zero-order valence-corrected chi connectivity index (χ0v) is 14.5. The SMILES string of the molecule is CN1CCN(c2ccc(-c3ccc4nccc(Cl)c4c3)cc2)CC1. The molecule has 1 saturated heterocycles. The first-order valence-corrected chi connectivity index (χ1v) is 8.67. The van der Waals surface area contributed by atoms with Crippen LogP contribution in [0.2, 0.25) is 5.02 Å². The number of nitrogens with zero attached hydrogens (tertiary/aromatic N) is 3. The molecule has 122 valence electrons. The lowest BCUT2D eigenvalue weighted by Gasteiger charge is -2.34. The van der Waals surface area contributed by atoms with Crippen LogP contribution in [0.4, 0.5) is 5.69 Å². The maximum atomic E-state index is 6.30. The van der Waals surface area contributed by atoms with Crippen LogP contribution in [-0.2, 0) is 0 Å². The van der Waals surface area contributed by atoms with Gasteiger partial charge in [-0.05, 0) is 48.5 Å². The maximum absolute atomic E-state index is 6.30. The molecule has 0 saturated carbocycles. The Labute approximate surface area is 147 Å². The van der Waals surface area contributed by atoms with Gasteiger partial charge in [-0.15, -0.1) is 0 Å². The van der Waals surface area contributed by atoms with E-state index in [-0.39, 0.29) is 0 Å². The number of benzene rings is 2. The fraction of sp³-hybridized carbons (Fsp3) is 0.250. The zero-order chi connectivity index (χ0) is 16.5. The standard InChI is InChI=1S/C20H20ClN3/c1-23-10-12-24(13-11-23)17-5-2-15(3-6-17)16-4-7-20-18(14-16)19(21)8-9-22-20/h2-9,14H,10-13H2,1H3. The van der Waals surface area contributed by atoms with Gasteiger partial charge in [0, 0.05) is 43.4 Å². The van der Waals surface area contributed by atoms with Crippen molar-refractivity contribution in [1.29, 1.82) is 0 Å². The van der Waals surface area contributed by atoms with Gasteiger partial charge in [0.1, 0.15) is 0 Å². The smallest absolute Gasteiger partial charge is 0.0717 e. The summed E-state index contributed by atoms with van der Waals surface area (Å²) >= 11 is 6.30. The Hall–Kier alpha value is -2.10. The molecule has 1 aromatic heterocycles. The Kier molecular flexibility index (Phi) is 4.13. The molecule has 24 heavy (non-hydrogen) atoms. The van der Waals surface area contributed by atoms with Crippen molar-refractivity contribution >= 4 is 28.2 Å². The first-order chi connectivity index (χ1) is 11.7. The van der Waals surface area contributed by atoms with Gasteiger partial charge in [0.2, 0.25) is 0 Å². The van der Waals surface area contributed by atoms with E-state index in [2.05, 4.69) is 58.2 Å². The second kappa shape index (κ2) is 6.42. The minimum absolute atomic E-state index is 0.746. The summed E-state index contributed by atoms with van der Waals surface area (Å²) in [6.07, 6.45) is 1.75. The molecule has 2 heterocycles. The first kappa shape index (κ1) is 15.4. The zero-order valence-electron chi connectivity index (χ0n) is 13.7. The molecule has 0 radical (unpaired) electrons. The normalized spacial score (nSPS) is 15.8. The topological polar surface area (TPSA) is 19.4 Å². The third kappa shape index (κ3) is 2.97. The number of rotatable bonds is 2. The van der Waals surface area contributed by atoms with E-state index in [9.17, 15) is 0 Å². The van der Waals surface area contributed by atoms with Gasteiger partial charge >= 0.3 is 0 Å². The van der Waals surface area contributed by atoms with Gasteiger partial charge in [-0.3, -0.25) is 4.98 Å². The van der Waals surface area contributed by atoms with Gasteiger partial charge in [0.05, 0.1) is 10.5 Å². The Morgan fingerprint density at radius 3 is 2.33 bits per heavy atom. The number of anilines is 1. The Bertz CT molecular complexity index is 852. The molecule has 1 aliphatic heterocycles. The van der Waals surface area contributed by atoms with Crippen LogP contribution < -0.4 is 4.90 Å². The lowest BCUT2D eigenvalue weighted by Crippen LogP contribution is -2.44. The highest BCUT2D eigenvalue weighted by Gasteiger charge is 2.14. The summed E-state index contributed by atoms with van der Waals surface area (Å²) in [5.74, 6) is 0. The molecule has 0 amide bonds. The quantitative estimate of drug-likeness (QED) is 0.694. The third-order valence-corrected chi connectivity index (χ3v) is 5.09. The number of halogens is 1. The molecule has 2 aromatic carbocycles. The largest absolute Gasteiger partial charge is 0.369 e. The maximum Gasteiger partial charge on any atom is 0.0717 e. The fourth-order valence-electron chi connectivity index (χ4n) is 3.22. The van der Waals surface area contributed by atoms with Crippen molar-refractivity contribution in [2.75, 3.05) is 38.1 Å². The molecule has 0 N–H and O–H groups in total. The molecule has 0 bridgehead atoms. The molecule has 1 aliphatic rings. The number of aromatic nitrogens is 1. The molecule has 0 atom stereocenters. The summed E-state index contributed by atoms with van der Waals surface area (Å²) in [7, 11) is 2.18. The van der Waals surface area contributed by atoms with Crippen molar-refractivity contribution in [3.63, 3.8) is 0 Å². The van der Waals surface area contributed by atoms with Gasteiger partial charge in [0.25, 0.3) is 0 Å². The van der Waals surface area contributed by atoms with Gasteiger partial charge in [-0.25, -0.2) is 0 Å². The van der Waals surface area contributed by atoms with E-state index < -0.39 is 0 Å². The average molecular weight is 338 g/mol. The number of pyridine rings is 1. The third-order valence-electron chi connectivity index (χ3n) is 4.76. The predicted octanol–water partition coefficient (Wildman–Crippen LogP) is 4.31. The number of hydrogen-bond acceptors (Lipinski definition) is 3. The highest BCUT2D eigenvalue weighted by Crippen LogP contribution is 2.29. The number of likely N-dealkylation sites (N-methyl/N-ethyl adjacent to an activating group) is 1. The summed E-state index contributed by atoms with van der Waals surface area (Å²) in [4.78, 5) is 9.19. The van der Waals surface area contributed by atoms with E-state index >= 15 is 0 Å². The van der Waals surface area contributed by atoms with Crippen LogP contribution in [0.1, 0.15) is 0 Å². The van der Waals surface area contributed by atoms with Crippen molar-refractivity contribution < 1.29 is 0 Å². The Morgan fingerprint density at radius 1 is 0.875 bits per heavy atom. The summed E-state index contributed by atoms with van der Waals surface area (Å²) in [5.41, 5.74) is 4.60. The number of piperazine rings is 1. The molecular formula is C20H20ClN3. The molecule has 3 aromatic rings. The second-order valence-electron chi connectivity index (χ2n) is 6.36. The predicted molar refractivity (Wildman–Crippen MR) is 102 cm³/mol. The van der Waals surface area contributed by atoms with E-state index in [4.69, 9.17) is 11.6 Å². The van der Waals surface area contributed by atoms with Crippen molar-refractivity contribution in [2.45, 2.75) is 0 Å². The van der Waals surface area contributed by atoms with Crippen LogP contribution in [0.3, 0.4) is 0 Å². The fourth-order valence-corrected chi connectivity index (χ4v) is 3.43. The van der Waals surface area contributed by atoms with Crippen LogP contribution in [0.5, 0.6) is 0 Å². The van der Waals surface area contributed by atoms with Gasteiger partial charge in [-0.2, -0.15) is 0 Å². The van der Waals surface area contributed by atoms with Crippen LogP contribution in [0.15, 0.2) is 54.7 Å². The van der Waals surface area contributed by atoms with Gasteiger partial charge in [-0.1, -0.05) is 29.8 Å². The monoisotopic (exact) mass is 337 g/mol. The molecule has 0 spiro atoms. The molecule has 4 rings (SSSR count). The highest BCUT2D eigenvalue weighted by molar-refractivity contribution is 6.35. The van der Waals surface area contributed by atoms with Crippen molar-refractivity contribution in [3.05, 3.63) is 59.8 Å². The minimum Gasteiger partial charge on any atom is -0.369 e. The first-order valence-electron chi connectivity index (χ1n) is 8.29. The summed E-state index contributed by atoms with van der Waals surface area (Å²) in [6, 6.07) is 16.9. The second-order valence-corrected chi connectivity index (χ2v) is 6.77.